The Bertz CT molecular complexity index is 945. The minimum absolute atomic E-state index is 0.0167. The number of rotatable bonds is 11. The highest BCUT2D eigenvalue weighted by Crippen LogP contribution is 2.18. The molecule has 3 rings (SSSR count). The zero-order valence-corrected chi connectivity index (χ0v) is 18.1. The molecule has 2 aromatic heterocycles. The third-order valence-corrected chi connectivity index (χ3v) is 5.85. The Kier molecular flexibility index (Phi) is 8.25. The van der Waals surface area contributed by atoms with Gasteiger partial charge in [0.1, 0.15) is 5.76 Å². The fraction of sp³-hybridized carbons (Fsp3) is 0.333. The first-order valence-electron chi connectivity index (χ1n) is 10.1. The highest BCUT2D eigenvalue weighted by atomic mass is 32.1. The van der Waals surface area contributed by atoms with Crippen LogP contribution in [0.4, 0.5) is 0 Å². The first-order chi connectivity index (χ1) is 14.6. The molecule has 1 amide bonds. The SMILES string of the molecule is Cc1ccc(CN(CCc2ccccc2)CC(=O)N(CCC#N)Cc2ccco2)s1. The van der Waals surface area contributed by atoms with E-state index < -0.39 is 0 Å². The van der Waals surface area contributed by atoms with Crippen LogP contribution in [0.15, 0.2) is 65.3 Å². The summed E-state index contributed by atoms with van der Waals surface area (Å²) in [5.41, 5.74) is 1.26. The highest BCUT2D eigenvalue weighted by Gasteiger charge is 2.19. The lowest BCUT2D eigenvalue weighted by atomic mass is 10.1. The average Bonchev–Trinajstić information content (AvgIpc) is 3.41. The molecule has 5 nitrogen and oxygen atoms in total. The Balaban J connectivity index is 1.68. The molecule has 0 N–H and O–H groups in total. The fourth-order valence-corrected chi connectivity index (χ4v) is 4.23. The van der Waals surface area contributed by atoms with E-state index in [4.69, 9.17) is 9.68 Å². The molecular weight excluding hydrogens is 394 g/mol. The van der Waals surface area contributed by atoms with Crippen molar-refractivity contribution in [3.05, 3.63) is 81.9 Å². The quantitative estimate of drug-likeness (QED) is 0.453. The van der Waals surface area contributed by atoms with Crippen LogP contribution in [0.1, 0.15) is 27.5 Å². The predicted molar refractivity (Wildman–Crippen MR) is 119 cm³/mol. The van der Waals surface area contributed by atoms with E-state index >= 15 is 0 Å². The number of hydrogen-bond acceptors (Lipinski definition) is 5. The molecular formula is C24H27N3O2S. The predicted octanol–water partition coefficient (Wildman–Crippen LogP) is 4.64. The van der Waals surface area contributed by atoms with Crippen molar-refractivity contribution in [3.63, 3.8) is 0 Å². The molecule has 2 heterocycles. The molecule has 1 aromatic carbocycles. The van der Waals surface area contributed by atoms with Gasteiger partial charge in [0, 0.05) is 29.4 Å². The van der Waals surface area contributed by atoms with Crippen LogP contribution in [0.5, 0.6) is 0 Å². The molecule has 0 radical (unpaired) electrons. The summed E-state index contributed by atoms with van der Waals surface area (Å²) in [7, 11) is 0. The first kappa shape index (κ1) is 21.8. The molecule has 30 heavy (non-hydrogen) atoms. The lowest BCUT2D eigenvalue weighted by molar-refractivity contribution is -0.133. The molecule has 0 spiro atoms. The molecule has 0 saturated heterocycles. The van der Waals surface area contributed by atoms with Crippen molar-refractivity contribution in [3.8, 4) is 6.07 Å². The zero-order chi connectivity index (χ0) is 21.2. The summed E-state index contributed by atoms with van der Waals surface area (Å²) in [6.45, 7) is 4.73. The van der Waals surface area contributed by atoms with Crippen molar-refractivity contribution in [2.45, 2.75) is 32.9 Å². The molecule has 0 fully saturated rings. The number of furan rings is 1. The second kappa shape index (κ2) is 11.3. The van der Waals surface area contributed by atoms with Crippen molar-refractivity contribution in [2.24, 2.45) is 0 Å². The Hall–Kier alpha value is -2.88. The van der Waals surface area contributed by atoms with Gasteiger partial charge < -0.3 is 9.32 Å². The van der Waals surface area contributed by atoms with Crippen LogP contribution in [0, 0.1) is 18.3 Å². The van der Waals surface area contributed by atoms with E-state index in [0.29, 0.717) is 26.1 Å². The molecule has 0 saturated carbocycles. The van der Waals surface area contributed by atoms with E-state index in [-0.39, 0.29) is 5.91 Å². The van der Waals surface area contributed by atoms with Crippen LogP contribution >= 0.6 is 11.3 Å². The minimum Gasteiger partial charge on any atom is -0.467 e. The third-order valence-electron chi connectivity index (χ3n) is 4.87. The van der Waals surface area contributed by atoms with Gasteiger partial charge in [0.05, 0.1) is 31.8 Å². The number of benzene rings is 1. The van der Waals surface area contributed by atoms with E-state index in [1.54, 1.807) is 22.5 Å². The fourth-order valence-electron chi connectivity index (χ4n) is 3.30. The lowest BCUT2D eigenvalue weighted by Crippen LogP contribution is -2.40. The molecule has 0 aliphatic carbocycles. The van der Waals surface area contributed by atoms with Gasteiger partial charge in [0.15, 0.2) is 0 Å². The van der Waals surface area contributed by atoms with Crippen molar-refractivity contribution in [2.75, 3.05) is 19.6 Å². The number of amides is 1. The molecule has 156 valence electrons. The number of thiophene rings is 1. The summed E-state index contributed by atoms with van der Waals surface area (Å²) in [5, 5.41) is 8.99. The van der Waals surface area contributed by atoms with Crippen LogP contribution in [-0.4, -0.2) is 35.3 Å². The summed E-state index contributed by atoms with van der Waals surface area (Å²) in [5.74, 6) is 0.744. The lowest BCUT2D eigenvalue weighted by Gasteiger charge is -2.26. The van der Waals surface area contributed by atoms with Crippen LogP contribution in [0.2, 0.25) is 0 Å². The maximum Gasteiger partial charge on any atom is 0.237 e. The summed E-state index contributed by atoms with van der Waals surface area (Å²) < 4.78 is 5.41. The van der Waals surface area contributed by atoms with Crippen LogP contribution in [0.3, 0.4) is 0 Å². The average molecular weight is 422 g/mol. The number of hydrogen-bond donors (Lipinski definition) is 0. The van der Waals surface area contributed by atoms with Crippen LogP contribution in [0.25, 0.3) is 0 Å². The number of aryl methyl sites for hydroxylation is 1. The van der Waals surface area contributed by atoms with Gasteiger partial charge in [0.25, 0.3) is 0 Å². The second-order valence-electron chi connectivity index (χ2n) is 7.26. The topological polar surface area (TPSA) is 60.5 Å². The van der Waals surface area contributed by atoms with Crippen LogP contribution in [-0.2, 0) is 24.3 Å². The molecule has 0 unspecified atom stereocenters. The summed E-state index contributed by atoms with van der Waals surface area (Å²) in [6, 6.07) is 20.4. The summed E-state index contributed by atoms with van der Waals surface area (Å²) in [4.78, 5) is 19.6. The molecule has 3 aromatic rings. The second-order valence-corrected chi connectivity index (χ2v) is 8.63. The van der Waals surface area contributed by atoms with E-state index in [2.05, 4.69) is 42.2 Å². The number of carbonyl (C=O) groups is 1. The Morgan fingerprint density at radius 2 is 1.90 bits per heavy atom. The van der Waals surface area contributed by atoms with Gasteiger partial charge in [-0.1, -0.05) is 30.3 Å². The highest BCUT2D eigenvalue weighted by molar-refractivity contribution is 7.11. The van der Waals surface area contributed by atoms with Crippen molar-refractivity contribution >= 4 is 17.2 Å². The Labute approximate surface area is 182 Å². The molecule has 0 atom stereocenters. The smallest absolute Gasteiger partial charge is 0.237 e. The molecule has 0 aliphatic heterocycles. The monoisotopic (exact) mass is 421 g/mol. The number of nitrogens with zero attached hydrogens (tertiary/aromatic N) is 3. The van der Waals surface area contributed by atoms with Gasteiger partial charge in [-0.15, -0.1) is 11.3 Å². The van der Waals surface area contributed by atoms with Crippen LogP contribution < -0.4 is 0 Å². The number of carbonyl (C=O) groups excluding carboxylic acids is 1. The standard InChI is InChI=1S/C24H27N3O2S/c1-20-10-11-23(30-20)18-26(15-12-21-7-3-2-4-8-21)19-24(28)27(14-6-13-25)17-22-9-5-16-29-22/h2-5,7-11,16H,6,12,14-15,17-19H2,1H3. The molecule has 0 aliphatic rings. The summed E-state index contributed by atoms with van der Waals surface area (Å²) in [6.07, 6.45) is 2.79. The van der Waals surface area contributed by atoms with Gasteiger partial charge in [-0.05, 0) is 43.2 Å². The van der Waals surface area contributed by atoms with Gasteiger partial charge >= 0.3 is 0 Å². The van der Waals surface area contributed by atoms with E-state index in [1.807, 2.05) is 30.3 Å². The van der Waals surface area contributed by atoms with E-state index in [1.165, 1.54) is 15.3 Å². The Morgan fingerprint density at radius 1 is 1.07 bits per heavy atom. The summed E-state index contributed by atoms with van der Waals surface area (Å²) >= 11 is 1.77. The van der Waals surface area contributed by atoms with E-state index in [9.17, 15) is 4.79 Å². The molecule has 6 heteroatoms. The normalized spacial score (nSPS) is 10.8. The maximum atomic E-state index is 13.1. The first-order valence-corrected chi connectivity index (χ1v) is 10.9. The third kappa shape index (κ3) is 6.87. The largest absolute Gasteiger partial charge is 0.467 e. The van der Waals surface area contributed by atoms with Gasteiger partial charge in [0.2, 0.25) is 5.91 Å². The van der Waals surface area contributed by atoms with E-state index in [0.717, 1.165) is 25.3 Å². The molecule has 0 bridgehead atoms. The van der Waals surface area contributed by atoms with Crippen molar-refractivity contribution in [1.29, 1.82) is 5.26 Å². The zero-order valence-electron chi connectivity index (χ0n) is 17.3. The van der Waals surface area contributed by atoms with Crippen molar-refractivity contribution < 1.29 is 9.21 Å². The minimum atomic E-state index is 0.0167. The van der Waals surface area contributed by atoms with Crippen molar-refractivity contribution in [1.82, 2.24) is 9.80 Å². The van der Waals surface area contributed by atoms with Gasteiger partial charge in [-0.2, -0.15) is 5.26 Å². The van der Waals surface area contributed by atoms with Gasteiger partial charge in [-0.25, -0.2) is 0 Å². The van der Waals surface area contributed by atoms with Gasteiger partial charge in [-0.3, -0.25) is 9.69 Å². The number of nitriles is 1. The Morgan fingerprint density at radius 3 is 2.57 bits per heavy atom. The maximum absolute atomic E-state index is 13.1.